The molecule has 0 unspecified atom stereocenters. The first-order valence-corrected chi connectivity index (χ1v) is 17.3. The van der Waals surface area contributed by atoms with Crippen molar-refractivity contribution in [3.05, 3.63) is 65.2 Å². The van der Waals surface area contributed by atoms with Gasteiger partial charge in [0.2, 0.25) is 11.8 Å². The largest absolute Gasteiger partial charge is 0.475 e. The van der Waals surface area contributed by atoms with Gasteiger partial charge in [-0.05, 0) is 86.1 Å². The molecule has 1 amide bonds. The van der Waals surface area contributed by atoms with Crippen molar-refractivity contribution in [2.75, 3.05) is 18.4 Å². The second-order valence-electron chi connectivity index (χ2n) is 14.4. The maximum absolute atomic E-state index is 14.4. The van der Waals surface area contributed by atoms with Crippen molar-refractivity contribution in [1.82, 2.24) is 14.9 Å². The van der Waals surface area contributed by atoms with E-state index in [1.807, 2.05) is 36.9 Å². The van der Waals surface area contributed by atoms with E-state index in [0.29, 0.717) is 12.1 Å². The lowest BCUT2D eigenvalue weighted by Gasteiger charge is -2.60. The number of carbonyl (C=O) groups is 2. The quantitative estimate of drug-likeness (QED) is 0.346. The Morgan fingerprint density at radius 1 is 1.04 bits per heavy atom. The van der Waals surface area contributed by atoms with E-state index in [0.717, 1.165) is 42.4 Å². The van der Waals surface area contributed by atoms with Crippen molar-refractivity contribution in [2.45, 2.75) is 83.7 Å². The predicted molar refractivity (Wildman–Crippen MR) is 174 cm³/mol. The number of sulfonamides is 1. The number of benzene rings is 2. The summed E-state index contributed by atoms with van der Waals surface area (Å²) >= 11 is 0. The van der Waals surface area contributed by atoms with Gasteiger partial charge in [0.25, 0.3) is 15.9 Å². The summed E-state index contributed by atoms with van der Waals surface area (Å²) in [5.41, 5.74) is 3.51. The molecule has 2 heterocycles. The smallest absolute Gasteiger partial charge is 0.308 e. The minimum atomic E-state index is -4.15. The molecule has 1 spiro atoms. The topological polar surface area (TPSA) is 128 Å². The summed E-state index contributed by atoms with van der Waals surface area (Å²) < 4.78 is 41.2. The highest BCUT2D eigenvalue weighted by Crippen LogP contribution is 2.60. The Hall–Kier alpha value is -3.99. The molecule has 1 N–H and O–H groups in total. The molecule has 4 bridgehead atoms. The molecule has 1 aliphatic heterocycles. The molecule has 3 aromatic rings. The molecular weight excluding hydrogens is 604 g/mol. The average Bonchev–Trinajstić information content (AvgIpc) is 2.94. The number of aromatic nitrogens is 2. The molecule has 0 radical (unpaired) electrons. The van der Waals surface area contributed by atoms with Gasteiger partial charge in [-0.1, -0.05) is 45.0 Å². The summed E-state index contributed by atoms with van der Waals surface area (Å²) in [6, 6.07) is 13.4. The van der Waals surface area contributed by atoms with Gasteiger partial charge < -0.3 is 14.4 Å². The first-order valence-electron chi connectivity index (χ1n) is 15.8. The second-order valence-corrected chi connectivity index (χ2v) is 16.1. The van der Waals surface area contributed by atoms with Crippen LogP contribution in [0.4, 0.5) is 5.95 Å². The van der Waals surface area contributed by atoms with Crippen molar-refractivity contribution in [3.63, 3.8) is 0 Å². The molecule has 0 saturated heterocycles. The van der Waals surface area contributed by atoms with Gasteiger partial charge in [-0.2, -0.15) is 4.98 Å². The normalized spacial score (nSPS) is 25.5. The van der Waals surface area contributed by atoms with Gasteiger partial charge in [-0.25, -0.2) is 18.1 Å². The fourth-order valence-electron chi connectivity index (χ4n) is 7.56. The molecule has 46 heavy (non-hydrogen) atoms. The summed E-state index contributed by atoms with van der Waals surface area (Å²) in [5, 5.41) is 0. The van der Waals surface area contributed by atoms with E-state index in [9.17, 15) is 18.0 Å². The van der Waals surface area contributed by atoms with Crippen LogP contribution in [0, 0.1) is 30.6 Å². The minimum Gasteiger partial charge on any atom is -0.475 e. The Bertz CT molecular complexity index is 1770. The van der Waals surface area contributed by atoms with Crippen LogP contribution in [0.5, 0.6) is 5.88 Å². The lowest BCUT2D eigenvalue weighted by molar-refractivity contribution is -0.163. The van der Waals surface area contributed by atoms with E-state index < -0.39 is 10.0 Å². The first kappa shape index (κ1) is 32.0. The zero-order chi connectivity index (χ0) is 33.0. The third-order valence-electron chi connectivity index (χ3n) is 9.58. The number of hydrogen-bond donors (Lipinski definition) is 1. The lowest BCUT2D eigenvalue weighted by Crippen LogP contribution is -2.62. The summed E-state index contributed by atoms with van der Waals surface area (Å²) in [5.74, 6) is -0.415. The fraction of sp³-hybridized carbons (Fsp3) is 0.486. The van der Waals surface area contributed by atoms with Gasteiger partial charge in [0.05, 0.1) is 29.7 Å². The Labute approximate surface area is 271 Å². The van der Waals surface area contributed by atoms with Gasteiger partial charge in [0, 0.05) is 23.2 Å². The molecule has 2 fully saturated rings. The number of anilines is 1. The van der Waals surface area contributed by atoms with Crippen LogP contribution in [-0.4, -0.2) is 61.0 Å². The summed E-state index contributed by atoms with van der Waals surface area (Å²) in [6.07, 6.45) is 3.68. The SMILES string of the molecule is COC(=O)C1CC2(C1)CC(N1C(=O)c3cccc(c3)S(=O)(=O)Nc3nc(cc(-c4c(C)cccc4C)n3)OC[C@H]1CC(C)(C)C)C2. The zero-order valence-corrected chi connectivity index (χ0v) is 28.1. The number of esters is 1. The Morgan fingerprint density at radius 2 is 1.72 bits per heavy atom. The number of aryl methyl sites for hydroxylation is 2. The van der Waals surface area contributed by atoms with Crippen molar-refractivity contribution >= 4 is 27.8 Å². The van der Waals surface area contributed by atoms with E-state index in [2.05, 4.69) is 35.5 Å². The van der Waals surface area contributed by atoms with Gasteiger partial charge in [0.15, 0.2) is 0 Å². The molecule has 1 atom stereocenters. The number of rotatable bonds is 4. The Morgan fingerprint density at radius 3 is 2.37 bits per heavy atom. The van der Waals surface area contributed by atoms with Crippen LogP contribution in [0.15, 0.2) is 53.4 Å². The van der Waals surface area contributed by atoms with Crippen LogP contribution in [0.2, 0.25) is 0 Å². The molecule has 2 saturated carbocycles. The van der Waals surface area contributed by atoms with E-state index in [1.165, 1.54) is 19.2 Å². The third kappa shape index (κ3) is 6.21. The minimum absolute atomic E-state index is 0.00901. The molecule has 2 aromatic carbocycles. The molecule has 10 nitrogen and oxygen atoms in total. The standard InChI is InChI=1S/C35H42N4O6S/c1-21-9-7-10-22(2)30(21)28-14-29-37-33(36-28)38-46(42,43)27-12-8-11-23(13-27)31(40)39(26(20-45-29)17-34(3,4)5)25-18-35(19-25)15-24(16-35)32(41)44-6/h7-14,24-26H,15-20H2,1-6H3,(H,36,37,38)/t24?,25?,26-,35?/m1/s1. The van der Waals surface area contributed by atoms with Crippen molar-refractivity contribution in [3.8, 4) is 17.1 Å². The number of amides is 1. The molecule has 6 rings (SSSR count). The summed E-state index contributed by atoms with van der Waals surface area (Å²) in [6.45, 7) is 10.5. The van der Waals surface area contributed by atoms with Gasteiger partial charge >= 0.3 is 5.97 Å². The molecule has 244 valence electrons. The molecule has 1 aromatic heterocycles. The van der Waals surface area contributed by atoms with Crippen LogP contribution >= 0.6 is 0 Å². The van der Waals surface area contributed by atoms with Gasteiger partial charge in [-0.15, -0.1) is 0 Å². The van der Waals surface area contributed by atoms with Crippen LogP contribution in [-0.2, 0) is 19.6 Å². The van der Waals surface area contributed by atoms with Gasteiger partial charge in [-0.3, -0.25) is 9.59 Å². The lowest BCUT2D eigenvalue weighted by atomic mass is 9.49. The highest BCUT2D eigenvalue weighted by Gasteiger charge is 2.57. The maximum atomic E-state index is 14.4. The number of hydrogen-bond acceptors (Lipinski definition) is 8. The number of fused-ring (bicyclic) bond motifs is 4. The maximum Gasteiger partial charge on any atom is 0.308 e. The van der Waals surface area contributed by atoms with E-state index in [4.69, 9.17) is 9.47 Å². The number of nitrogens with zero attached hydrogens (tertiary/aromatic N) is 3. The predicted octanol–water partition coefficient (Wildman–Crippen LogP) is 5.93. The third-order valence-corrected chi connectivity index (χ3v) is 10.9. The molecule has 2 aliphatic carbocycles. The van der Waals surface area contributed by atoms with Crippen LogP contribution in [0.3, 0.4) is 0 Å². The van der Waals surface area contributed by atoms with Crippen LogP contribution in [0.25, 0.3) is 11.3 Å². The summed E-state index contributed by atoms with van der Waals surface area (Å²) in [4.78, 5) is 37.5. The fourth-order valence-corrected chi connectivity index (χ4v) is 8.55. The highest BCUT2D eigenvalue weighted by atomic mass is 32.2. The summed E-state index contributed by atoms with van der Waals surface area (Å²) in [7, 11) is -2.73. The number of nitrogens with one attached hydrogen (secondary N) is 1. The van der Waals surface area contributed by atoms with Gasteiger partial charge in [0.1, 0.15) is 6.61 Å². The number of methoxy groups -OCH3 is 1. The zero-order valence-electron chi connectivity index (χ0n) is 27.3. The monoisotopic (exact) mass is 646 g/mol. The Balaban J connectivity index is 1.42. The van der Waals surface area contributed by atoms with Crippen molar-refractivity contribution < 1.29 is 27.5 Å². The van der Waals surface area contributed by atoms with E-state index >= 15 is 0 Å². The second kappa shape index (κ2) is 11.7. The highest BCUT2D eigenvalue weighted by molar-refractivity contribution is 7.92. The van der Waals surface area contributed by atoms with Crippen molar-refractivity contribution in [2.24, 2.45) is 16.7 Å². The van der Waals surface area contributed by atoms with Crippen LogP contribution < -0.4 is 9.46 Å². The average molecular weight is 647 g/mol. The van der Waals surface area contributed by atoms with Crippen molar-refractivity contribution in [1.29, 1.82) is 0 Å². The van der Waals surface area contributed by atoms with E-state index in [1.54, 1.807) is 18.2 Å². The Kier molecular flexibility index (Phi) is 8.11. The van der Waals surface area contributed by atoms with Crippen LogP contribution in [0.1, 0.15) is 74.4 Å². The molecular formula is C35H42N4O6S. The molecule has 3 aliphatic rings. The van der Waals surface area contributed by atoms with E-state index in [-0.39, 0.29) is 69.6 Å². The number of ether oxygens (including phenoxy) is 2. The number of carbonyl (C=O) groups excluding carboxylic acids is 2. The molecule has 11 heteroatoms. The first-order chi connectivity index (χ1) is 21.7.